The van der Waals surface area contributed by atoms with E-state index in [0.717, 1.165) is 30.9 Å². The third-order valence-corrected chi connectivity index (χ3v) is 3.70. The maximum atomic E-state index is 11.0. The number of carbonyl (C=O) groups excluding carboxylic acids is 1. The van der Waals surface area contributed by atoms with Gasteiger partial charge in [0.25, 0.3) is 5.89 Å². The molecular formula is C15H20ClN5O2. The van der Waals surface area contributed by atoms with Crippen LogP contribution in [0.2, 0.25) is 0 Å². The Bertz CT molecular complexity index is 658. The van der Waals surface area contributed by atoms with E-state index in [-0.39, 0.29) is 24.4 Å². The third kappa shape index (κ3) is 4.07. The minimum absolute atomic E-state index is 0. The van der Waals surface area contributed by atoms with Crippen LogP contribution in [0.1, 0.15) is 18.8 Å². The number of piperazine rings is 1. The summed E-state index contributed by atoms with van der Waals surface area (Å²) in [6.07, 6.45) is 0. The fourth-order valence-electron chi connectivity index (χ4n) is 2.48. The lowest BCUT2D eigenvalue weighted by atomic mass is 10.2. The van der Waals surface area contributed by atoms with E-state index in [9.17, 15) is 4.79 Å². The van der Waals surface area contributed by atoms with Gasteiger partial charge in [-0.05, 0) is 31.3 Å². The molecule has 0 bridgehead atoms. The second-order valence-electron chi connectivity index (χ2n) is 5.42. The molecule has 1 aliphatic heterocycles. The van der Waals surface area contributed by atoms with Gasteiger partial charge in [0.05, 0.1) is 6.04 Å². The number of hydrogen-bond acceptors (Lipinski definition) is 6. The molecule has 1 unspecified atom stereocenters. The van der Waals surface area contributed by atoms with Crippen molar-refractivity contribution < 1.29 is 9.32 Å². The topological polar surface area (TPSA) is 83.3 Å². The monoisotopic (exact) mass is 337 g/mol. The van der Waals surface area contributed by atoms with Gasteiger partial charge in [0.15, 0.2) is 5.82 Å². The van der Waals surface area contributed by atoms with Crippen molar-refractivity contribution in [3.05, 3.63) is 30.1 Å². The number of anilines is 1. The summed E-state index contributed by atoms with van der Waals surface area (Å²) in [6.45, 7) is 4.23. The van der Waals surface area contributed by atoms with Crippen LogP contribution in [0.4, 0.5) is 5.69 Å². The smallest absolute Gasteiger partial charge is 0.257 e. The summed E-state index contributed by atoms with van der Waals surface area (Å²) in [6, 6.07) is 7.46. The van der Waals surface area contributed by atoms with Gasteiger partial charge < -0.3 is 15.2 Å². The molecule has 1 aromatic carbocycles. The molecule has 124 valence electrons. The highest BCUT2D eigenvalue weighted by molar-refractivity contribution is 5.88. The number of hydrogen-bond donors (Lipinski definition) is 2. The van der Waals surface area contributed by atoms with E-state index in [1.54, 1.807) is 0 Å². The van der Waals surface area contributed by atoms with E-state index in [1.807, 2.05) is 24.3 Å². The van der Waals surface area contributed by atoms with Crippen LogP contribution in [0, 0.1) is 0 Å². The number of amides is 1. The van der Waals surface area contributed by atoms with Crippen molar-refractivity contribution in [3.8, 4) is 11.5 Å². The van der Waals surface area contributed by atoms with Crippen LogP contribution >= 0.6 is 12.4 Å². The summed E-state index contributed by atoms with van der Waals surface area (Å²) in [4.78, 5) is 17.7. The number of carbonyl (C=O) groups is 1. The largest absolute Gasteiger partial charge is 0.334 e. The van der Waals surface area contributed by atoms with E-state index in [0.29, 0.717) is 11.7 Å². The Balaban J connectivity index is 0.00000192. The van der Waals surface area contributed by atoms with Gasteiger partial charge in [0.1, 0.15) is 0 Å². The molecule has 8 heteroatoms. The average molecular weight is 338 g/mol. The highest BCUT2D eigenvalue weighted by atomic mass is 35.5. The van der Waals surface area contributed by atoms with Crippen LogP contribution in [0.5, 0.6) is 0 Å². The Morgan fingerprint density at radius 3 is 2.78 bits per heavy atom. The van der Waals surface area contributed by atoms with E-state index in [2.05, 4.69) is 32.7 Å². The summed E-state index contributed by atoms with van der Waals surface area (Å²) >= 11 is 0. The van der Waals surface area contributed by atoms with Crippen LogP contribution < -0.4 is 10.6 Å². The predicted molar refractivity (Wildman–Crippen MR) is 89.5 cm³/mol. The van der Waals surface area contributed by atoms with Gasteiger partial charge in [-0.1, -0.05) is 5.16 Å². The molecule has 1 amide bonds. The Morgan fingerprint density at radius 1 is 1.39 bits per heavy atom. The van der Waals surface area contributed by atoms with Gasteiger partial charge in [-0.3, -0.25) is 9.69 Å². The minimum atomic E-state index is -0.0966. The van der Waals surface area contributed by atoms with E-state index in [1.165, 1.54) is 6.92 Å². The number of nitrogens with zero attached hydrogens (tertiary/aromatic N) is 3. The Morgan fingerprint density at radius 2 is 2.13 bits per heavy atom. The zero-order chi connectivity index (χ0) is 15.5. The molecule has 0 spiro atoms. The number of rotatable bonds is 3. The molecule has 3 rings (SSSR count). The number of benzene rings is 1. The highest BCUT2D eigenvalue weighted by Gasteiger charge is 2.25. The Hall–Kier alpha value is -1.96. The van der Waals surface area contributed by atoms with Crippen LogP contribution in [0.15, 0.2) is 28.8 Å². The first kappa shape index (κ1) is 17.4. The van der Waals surface area contributed by atoms with E-state index >= 15 is 0 Å². The SMILES string of the molecule is CC(=O)Nc1ccc(-c2nc(C3CNCCN3C)no2)cc1.Cl. The number of halogens is 1. The maximum absolute atomic E-state index is 11.0. The lowest BCUT2D eigenvalue weighted by Gasteiger charge is -2.30. The fourth-order valence-corrected chi connectivity index (χ4v) is 2.48. The maximum Gasteiger partial charge on any atom is 0.257 e. The lowest BCUT2D eigenvalue weighted by molar-refractivity contribution is -0.114. The van der Waals surface area contributed by atoms with Gasteiger partial charge in [-0.25, -0.2) is 0 Å². The van der Waals surface area contributed by atoms with Gasteiger partial charge in [-0.15, -0.1) is 12.4 Å². The van der Waals surface area contributed by atoms with E-state index < -0.39 is 0 Å². The molecule has 0 aliphatic carbocycles. The van der Waals surface area contributed by atoms with Crippen LogP contribution in [-0.4, -0.2) is 47.6 Å². The van der Waals surface area contributed by atoms with Crippen molar-refractivity contribution in [2.75, 3.05) is 32.0 Å². The molecule has 1 saturated heterocycles. The molecule has 0 radical (unpaired) electrons. The molecule has 2 N–H and O–H groups in total. The Labute approximate surface area is 140 Å². The highest BCUT2D eigenvalue weighted by Crippen LogP contribution is 2.23. The minimum Gasteiger partial charge on any atom is -0.334 e. The summed E-state index contributed by atoms with van der Waals surface area (Å²) in [5.41, 5.74) is 1.58. The first-order chi connectivity index (χ1) is 10.6. The van der Waals surface area contributed by atoms with Crippen molar-refractivity contribution in [2.45, 2.75) is 13.0 Å². The van der Waals surface area contributed by atoms with Crippen molar-refractivity contribution in [2.24, 2.45) is 0 Å². The quantitative estimate of drug-likeness (QED) is 0.887. The summed E-state index contributed by atoms with van der Waals surface area (Å²) in [5.74, 6) is 1.08. The molecule has 1 fully saturated rings. The molecule has 7 nitrogen and oxygen atoms in total. The molecule has 1 aromatic heterocycles. The molecule has 1 aliphatic rings. The standard InChI is InChI=1S/C15H19N5O2.ClH/c1-10(21)17-12-5-3-11(4-6-12)15-18-14(19-22-15)13-9-16-7-8-20(13)2;/h3-6,13,16H,7-9H2,1-2H3,(H,17,21);1H. The van der Waals surface area contributed by atoms with Gasteiger partial charge in [0.2, 0.25) is 5.91 Å². The Kier molecular flexibility index (Phi) is 5.70. The van der Waals surface area contributed by atoms with E-state index in [4.69, 9.17) is 4.52 Å². The summed E-state index contributed by atoms with van der Waals surface area (Å²) in [5, 5.41) is 10.2. The van der Waals surface area contributed by atoms with Crippen LogP contribution in [0.25, 0.3) is 11.5 Å². The molecule has 2 aromatic rings. The van der Waals surface area contributed by atoms with Gasteiger partial charge in [-0.2, -0.15) is 4.98 Å². The lowest BCUT2D eigenvalue weighted by Crippen LogP contribution is -2.44. The zero-order valence-electron chi connectivity index (χ0n) is 13.1. The normalized spacial score (nSPS) is 18.3. The predicted octanol–water partition coefficient (Wildman–Crippen LogP) is 1.69. The summed E-state index contributed by atoms with van der Waals surface area (Å²) < 4.78 is 5.37. The zero-order valence-corrected chi connectivity index (χ0v) is 13.9. The second kappa shape index (κ2) is 7.54. The fraction of sp³-hybridized carbons (Fsp3) is 0.400. The van der Waals surface area contributed by atoms with Gasteiger partial charge in [0, 0.05) is 37.8 Å². The molecule has 23 heavy (non-hydrogen) atoms. The van der Waals surface area contributed by atoms with Gasteiger partial charge >= 0.3 is 0 Å². The first-order valence-electron chi connectivity index (χ1n) is 7.26. The number of nitrogens with one attached hydrogen (secondary N) is 2. The number of likely N-dealkylation sites (N-methyl/N-ethyl adjacent to an activating group) is 1. The van der Waals surface area contributed by atoms with Crippen LogP contribution in [0.3, 0.4) is 0 Å². The molecule has 0 saturated carbocycles. The average Bonchev–Trinajstić information content (AvgIpc) is 2.97. The van der Waals surface area contributed by atoms with Crippen molar-refractivity contribution in [3.63, 3.8) is 0 Å². The molecule has 2 heterocycles. The summed E-state index contributed by atoms with van der Waals surface area (Å²) in [7, 11) is 2.06. The molecule has 1 atom stereocenters. The number of aromatic nitrogens is 2. The van der Waals surface area contributed by atoms with Crippen molar-refractivity contribution in [1.82, 2.24) is 20.4 Å². The first-order valence-corrected chi connectivity index (χ1v) is 7.26. The van der Waals surface area contributed by atoms with Crippen molar-refractivity contribution in [1.29, 1.82) is 0 Å². The van der Waals surface area contributed by atoms with Crippen molar-refractivity contribution >= 4 is 24.0 Å². The van der Waals surface area contributed by atoms with Crippen LogP contribution in [-0.2, 0) is 4.79 Å². The second-order valence-corrected chi connectivity index (χ2v) is 5.42. The third-order valence-electron chi connectivity index (χ3n) is 3.70. The molecular weight excluding hydrogens is 318 g/mol.